The topological polar surface area (TPSA) is 30.9 Å². The maximum atomic E-state index is 4.52. The smallest absolute Gasteiger partial charge is 0.178 e. The zero-order valence-electron chi connectivity index (χ0n) is 12.2. The van der Waals surface area contributed by atoms with Gasteiger partial charge in [0, 0.05) is 12.1 Å². The van der Waals surface area contributed by atoms with Crippen LogP contribution in [0, 0.1) is 0 Å². The number of para-hydroxylation sites is 1. The number of rotatable bonds is 5. The van der Waals surface area contributed by atoms with Crippen LogP contribution in [0.15, 0.2) is 65.8 Å². The van der Waals surface area contributed by atoms with Crippen molar-refractivity contribution >= 4 is 11.5 Å². The van der Waals surface area contributed by atoms with Gasteiger partial charge in [-0.2, -0.15) is 10.7 Å². The van der Waals surface area contributed by atoms with Gasteiger partial charge in [0.1, 0.15) is 0 Å². The van der Waals surface area contributed by atoms with Crippen LogP contribution in [0.2, 0.25) is 0 Å². The first-order chi connectivity index (χ1) is 10.4. The molecule has 1 heterocycles. The highest BCUT2D eigenvalue weighted by atomic mass is 15.9. The molecule has 0 aromatic heterocycles. The Balaban J connectivity index is 1.88. The van der Waals surface area contributed by atoms with Crippen LogP contribution in [-0.2, 0) is 0 Å². The van der Waals surface area contributed by atoms with Crippen LogP contribution in [0.4, 0.5) is 5.69 Å². The number of nitrogens with one attached hydrogen (secondary N) is 1. The average molecular weight is 280 g/mol. The summed E-state index contributed by atoms with van der Waals surface area (Å²) in [5, 5.41) is 8.73. The van der Waals surface area contributed by atoms with Gasteiger partial charge < -0.3 is 0 Å². The molecule has 108 valence electrons. The van der Waals surface area contributed by atoms with Crippen LogP contribution >= 0.6 is 0 Å². The summed E-state index contributed by atoms with van der Waals surface area (Å²) in [5.74, 6) is 0.966. The molecular weight excluding hydrogens is 260 g/mol. The van der Waals surface area contributed by atoms with Gasteiger partial charge in [0.25, 0.3) is 0 Å². The minimum absolute atomic E-state index is 0.937. The Bertz CT molecular complexity index is 595. The third-order valence-corrected chi connectivity index (χ3v) is 3.49. The Kier molecular flexibility index (Phi) is 4.05. The maximum Gasteiger partial charge on any atom is 0.178 e. The minimum Gasteiger partial charge on any atom is -0.246 e. The standard InChI is InChI=1S/C17H20N4/c1-2-3-14-20-17(15-10-6-4-7-11-15)18-19-21(20)16-12-8-5-9-13-16/h4-13,19H,2-3,14H2,1H3. The molecule has 1 aliphatic rings. The molecule has 0 fully saturated rings. The SMILES string of the molecule is CCCCN1C(c2ccccc2)=NNN1c1ccccc1. The number of hydrogen-bond donors (Lipinski definition) is 1. The number of nitrogens with zero attached hydrogens (tertiary/aromatic N) is 3. The van der Waals surface area contributed by atoms with Gasteiger partial charge in [-0.25, -0.2) is 5.01 Å². The maximum absolute atomic E-state index is 4.52. The number of benzene rings is 2. The third kappa shape index (κ3) is 2.84. The lowest BCUT2D eigenvalue weighted by Gasteiger charge is -2.30. The normalized spacial score (nSPS) is 14.0. The van der Waals surface area contributed by atoms with Crippen molar-refractivity contribution in [1.29, 1.82) is 0 Å². The molecule has 0 aliphatic carbocycles. The first-order valence-electron chi connectivity index (χ1n) is 7.41. The lowest BCUT2D eigenvalue weighted by Crippen LogP contribution is -2.46. The average Bonchev–Trinajstić information content (AvgIpc) is 2.98. The van der Waals surface area contributed by atoms with Gasteiger partial charge in [-0.05, 0) is 18.6 Å². The highest BCUT2D eigenvalue weighted by molar-refractivity contribution is 6.00. The van der Waals surface area contributed by atoms with Crippen LogP contribution in [0.1, 0.15) is 25.3 Å². The summed E-state index contributed by atoms with van der Waals surface area (Å²) < 4.78 is 0. The number of hydrazine groups is 2. The Morgan fingerprint density at radius 1 is 0.952 bits per heavy atom. The summed E-state index contributed by atoms with van der Waals surface area (Å²) in [5.41, 5.74) is 5.34. The van der Waals surface area contributed by atoms with E-state index >= 15 is 0 Å². The summed E-state index contributed by atoms with van der Waals surface area (Å²) in [6, 6.07) is 20.5. The molecule has 1 N–H and O–H groups in total. The molecule has 1 aliphatic heterocycles. The van der Waals surface area contributed by atoms with Crippen molar-refractivity contribution in [3.8, 4) is 0 Å². The summed E-state index contributed by atoms with van der Waals surface area (Å²) in [6.07, 6.45) is 2.28. The molecule has 0 spiro atoms. The summed E-state index contributed by atoms with van der Waals surface area (Å²) in [7, 11) is 0. The number of hydrazone groups is 1. The van der Waals surface area contributed by atoms with Crippen LogP contribution < -0.4 is 10.7 Å². The van der Waals surface area contributed by atoms with Crippen molar-refractivity contribution < 1.29 is 0 Å². The molecule has 0 saturated carbocycles. The van der Waals surface area contributed by atoms with Crippen LogP contribution in [0.25, 0.3) is 0 Å². The molecular formula is C17H20N4. The van der Waals surface area contributed by atoms with Gasteiger partial charge in [0.2, 0.25) is 0 Å². The quantitative estimate of drug-likeness (QED) is 0.910. The molecule has 2 aromatic carbocycles. The van der Waals surface area contributed by atoms with E-state index in [0.717, 1.165) is 36.5 Å². The molecule has 0 amide bonds. The Hall–Kier alpha value is -2.49. The van der Waals surface area contributed by atoms with E-state index in [9.17, 15) is 0 Å². The number of unbranched alkanes of at least 4 members (excludes halogenated alkanes) is 1. The fourth-order valence-electron chi connectivity index (χ4n) is 2.38. The predicted molar refractivity (Wildman–Crippen MR) is 86.6 cm³/mol. The van der Waals surface area contributed by atoms with E-state index in [1.54, 1.807) is 0 Å². The second kappa shape index (κ2) is 6.31. The van der Waals surface area contributed by atoms with Crippen LogP contribution in [0.5, 0.6) is 0 Å². The monoisotopic (exact) mass is 280 g/mol. The minimum atomic E-state index is 0.937. The van der Waals surface area contributed by atoms with E-state index in [1.165, 1.54) is 0 Å². The lowest BCUT2D eigenvalue weighted by atomic mass is 10.2. The molecule has 0 atom stereocenters. The van der Waals surface area contributed by atoms with Crippen LogP contribution in [0.3, 0.4) is 0 Å². The zero-order chi connectivity index (χ0) is 14.5. The number of hydrogen-bond acceptors (Lipinski definition) is 4. The van der Waals surface area contributed by atoms with Crippen molar-refractivity contribution in [2.24, 2.45) is 5.10 Å². The van der Waals surface area contributed by atoms with E-state index in [0.29, 0.717) is 0 Å². The molecule has 0 saturated heterocycles. The molecule has 0 radical (unpaired) electrons. The van der Waals surface area contributed by atoms with E-state index in [2.05, 4.69) is 46.8 Å². The summed E-state index contributed by atoms with van der Waals surface area (Å²) in [6.45, 7) is 3.14. The fraction of sp³-hybridized carbons (Fsp3) is 0.235. The van der Waals surface area contributed by atoms with E-state index < -0.39 is 0 Å². The highest BCUT2D eigenvalue weighted by Gasteiger charge is 2.26. The van der Waals surface area contributed by atoms with Crippen molar-refractivity contribution in [3.05, 3.63) is 66.2 Å². The molecule has 2 aromatic rings. The largest absolute Gasteiger partial charge is 0.246 e. The molecule has 21 heavy (non-hydrogen) atoms. The van der Waals surface area contributed by atoms with Gasteiger partial charge in [-0.15, -0.1) is 5.10 Å². The summed E-state index contributed by atoms with van der Waals surface area (Å²) in [4.78, 5) is 0. The van der Waals surface area contributed by atoms with Gasteiger partial charge >= 0.3 is 0 Å². The fourth-order valence-corrected chi connectivity index (χ4v) is 2.38. The van der Waals surface area contributed by atoms with E-state index in [-0.39, 0.29) is 0 Å². The first kappa shape index (κ1) is 13.5. The second-order valence-electron chi connectivity index (χ2n) is 5.03. The number of amidine groups is 1. The molecule has 0 unspecified atom stereocenters. The second-order valence-corrected chi connectivity index (χ2v) is 5.03. The predicted octanol–water partition coefficient (Wildman–Crippen LogP) is 3.39. The van der Waals surface area contributed by atoms with Crippen LogP contribution in [-0.4, -0.2) is 17.4 Å². The van der Waals surface area contributed by atoms with Crippen molar-refractivity contribution in [2.75, 3.05) is 11.7 Å². The van der Waals surface area contributed by atoms with Gasteiger partial charge in [0.05, 0.1) is 5.69 Å². The Morgan fingerprint density at radius 3 is 2.29 bits per heavy atom. The summed E-state index contributed by atoms with van der Waals surface area (Å²) >= 11 is 0. The first-order valence-corrected chi connectivity index (χ1v) is 7.41. The Labute approximate surface area is 125 Å². The molecule has 3 rings (SSSR count). The highest BCUT2D eigenvalue weighted by Crippen LogP contribution is 2.20. The molecule has 0 bridgehead atoms. The van der Waals surface area contributed by atoms with Crippen molar-refractivity contribution in [1.82, 2.24) is 10.5 Å². The van der Waals surface area contributed by atoms with Gasteiger partial charge in [-0.3, -0.25) is 0 Å². The molecule has 4 heteroatoms. The van der Waals surface area contributed by atoms with Gasteiger partial charge in [0.15, 0.2) is 5.84 Å². The van der Waals surface area contributed by atoms with E-state index in [1.807, 2.05) is 41.5 Å². The lowest BCUT2D eigenvalue weighted by molar-refractivity contribution is 0.369. The van der Waals surface area contributed by atoms with Crippen molar-refractivity contribution in [3.63, 3.8) is 0 Å². The van der Waals surface area contributed by atoms with E-state index in [4.69, 9.17) is 0 Å². The van der Waals surface area contributed by atoms with Gasteiger partial charge in [-0.1, -0.05) is 61.9 Å². The number of anilines is 1. The Morgan fingerprint density at radius 2 is 1.62 bits per heavy atom. The molecule has 4 nitrogen and oxygen atoms in total. The third-order valence-electron chi connectivity index (χ3n) is 3.49. The van der Waals surface area contributed by atoms with Crippen molar-refractivity contribution in [2.45, 2.75) is 19.8 Å². The zero-order valence-corrected chi connectivity index (χ0v) is 12.2.